The predicted octanol–water partition coefficient (Wildman–Crippen LogP) is 3.01. The molecule has 2 aliphatic rings. The fourth-order valence-electron chi connectivity index (χ4n) is 4.02. The van der Waals surface area contributed by atoms with Crippen LogP contribution in [0.25, 0.3) is 0 Å². The zero-order chi connectivity index (χ0) is 22.5. The van der Waals surface area contributed by atoms with Crippen molar-refractivity contribution < 1.29 is 19.1 Å². The average Bonchev–Trinajstić information content (AvgIpc) is 2.80. The highest BCUT2D eigenvalue weighted by Gasteiger charge is 2.32. The minimum atomic E-state index is -0.556. The molecule has 7 heteroatoms. The van der Waals surface area contributed by atoms with Crippen molar-refractivity contribution in [3.63, 3.8) is 0 Å². The van der Waals surface area contributed by atoms with Crippen molar-refractivity contribution in [1.29, 1.82) is 0 Å². The minimum Gasteiger partial charge on any atom is -0.479 e. The number of aryl methyl sites for hydroxylation is 2. The molecule has 0 radical (unpaired) electrons. The Hall–Kier alpha value is -2.90. The molecule has 2 amide bonds. The van der Waals surface area contributed by atoms with Crippen molar-refractivity contribution >= 4 is 23.2 Å². The normalized spacial score (nSPS) is 18.8. The Labute approximate surface area is 189 Å². The van der Waals surface area contributed by atoms with E-state index in [9.17, 15) is 9.59 Å². The summed E-state index contributed by atoms with van der Waals surface area (Å²) in [6.07, 6.45) is 0.537. The van der Waals surface area contributed by atoms with Gasteiger partial charge in [0.05, 0.1) is 18.9 Å². The van der Waals surface area contributed by atoms with Gasteiger partial charge in [-0.05, 0) is 38.0 Å². The van der Waals surface area contributed by atoms with Gasteiger partial charge in [-0.25, -0.2) is 0 Å². The lowest BCUT2D eigenvalue weighted by Gasteiger charge is -2.35. The molecule has 0 aliphatic carbocycles. The molecular formula is C25H31N3O4. The Kier molecular flexibility index (Phi) is 7.07. The second-order valence-corrected chi connectivity index (χ2v) is 8.42. The molecule has 2 aromatic rings. The number of hydrogen-bond donors (Lipinski definition) is 1. The maximum absolute atomic E-state index is 12.8. The Morgan fingerprint density at radius 2 is 1.84 bits per heavy atom. The van der Waals surface area contributed by atoms with Crippen LogP contribution in [0.1, 0.15) is 24.5 Å². The maximum atomic E-state index is 12.8. The number of carbonyl (C=O) groups is 2. The van der Waals surface area contributed by atoms with E-state index in [2.05, 4.69) is 34.5 Å². The fraction of sp³-hybridized carbons (Fsp3) is 0.440. The molecular weight excluding hydrogens is 406 g/mol. The highest BCUT2D eigenvalue weighted by Crippen LogP contribution is 2.36. The van der Waals surface area contributed by atoms with Gasteiger partial charge in [0, 0.05) is 44.4 Å². The van der Waals surface area contributed by atoms with Crippen LogP contribution >= 0.6 is 0 Å². The zero-order valence-corrected chi connectivity index (χ0v) is 18.8. The Bertz CT molecular complexity index is 954. The molecule has 0 aromatic heterocycles. The Morgan fingerprint density at radius 3 is 2.59 bits per heavy atom. The molecule has 2 aromatic carbocycles. The number of rotatable bonds is 7. The van der Waals surface area contributed by atoms with Crippen LogP contribution in [-0.4, -0.2) is 62.2 Å². The van der Waals surface area contributed by atoms with Crippen molar-refractivity contribution in [3.8, 4) is 5.75 Å². The van der Waals surface area contributed by atoms with Gasteiger partial charge in [-0.15, -0.1) is 0 Å². The maximum Gasteiger partial charge on any atom is 0.267 e. The monoisotopic (exact) mass is 437 g/mol. The molecule has 1 N–H and O–H groups in total. The first-order valence-electron chi connectivity index (χ1n) is 11.3. The summed E-state index contributed by atoms with van der Waals surface area (Å²) in [6.45, 7) is 8.43. The standard InChI is InChI=1S/C25H31N3O4/c1-18-3-5-20(6-4-18)7-10-24(29)26-21-8-9-22-23(17-21)32-19(2)25(30)28(22)12-11-27-13-15-31-16-14-27/h3-6,8-9,17,19H,7,10-16H2,1-2H3,(H,26,29). The second-order valence-electron chi connectivity index (χ2n) is 8.42. The van der Waals surface area contributed by atoms with Crippen LogP contribution in [0.5, 0.6) is 5.75 Å². The van der Waals surface area contributed by atoms with E-state index in [0.717, 1.165) is 44.1 Å². The molecule has 0 saturated carbocycles. The summed E-state index contributed by atoms with van der Waals surface area (Å²) in [7, 11) is 0. The third-order valence-electron chi connectivity index (χ3n) is 5.96. The molecule has 32 heavy (non-hydrogen) atoms. The lowest BCUT2D eigenvalue weighted by atomic mass is 10.1. The summed E-state index contributed by atoms with van der Waals surface area (Å²) in [6, 6.07) is 13.7. The summed E-state index contributed by atoms with van der Waals surface area (Å²) in [5, 5.41) is 2.95. The molecule has 2 aliphatic heterocycles. The number of nitrogens with zero attached hydrogens (tertiary/aromatic N) is 2. The van der Waals surface area contributed by atoms with E-state index in [4.69, 9.17) is 9.47 Å². The third kappa shape index (κ3) is 5.47. The SMILES string of the molecule is Cc1ccc(CCC(=O)Nc2ccc3c(c2)OC(C)C(=O)N3CCN2CCOCC2)cc1. The van der Waals surface area contributed by atoms with Gasteiger partial charge in [-0.1, -0.05) is 29.8 Å². The molecule has 170 valence electrons. The first kappa shape index (κ1) is 22.3. The number of benzene rings is 2. The van der Waals surface area contributed by atoms with E-state index < -0.39 is 6.10 Å². The molecule has 1 fully saturated rings. The summed E-state index contributed by atoms with van der Waals surface area (Å²) in [5.74, 6) is 0.533. The van der Waals surface area contributed by atoms with Crippen LogP contribution in [0, 0.1) is 6.92 Å². The van der Waals surface area contributed by atoms with Crippen LogP contribution in [0.15, 0.2) is 42.5 Å². The van der Waals surface area contributed by atoms with Gasteiger partial charge in [0.25, 0.3) is 5.91 Å². The van der Waals surface area contributed by atoms with Crippen LogP contribution in [0.4, 0.5) is 11.4 Å². The molecule has 0 bridgehead atoms. The number of nitrogens with one attached hydrogen (secondary N) is 1. The lowest BCUT2D eigenvalue weighted by molar-refractivity contribution is -0.125. The number of carbonyl (C=O) groups excluding carboxylic acids is 2. The van der Waals surface area contributed by atoms with Crippen LogP contribution < -0.4 is 15.0 Å². The number of ether oxygens (including phenoxy) is 2. The molecule has 1 unspecified atom stereocenters. The van der Waals surface area contributed by atoms with Gasteiger partial charge in [-0.2, -0.15) is 0 Å². The summed E-state index contributed by atoms with van der Waals surface area (Å²) >= 11 is 0. The van der Waals surface area contributed by atoms with Gasteiger partial charge in [0.15, 0.2) is 6.10 Å². The number of fused-ring (bicyclic) bond motifs is 1. The summed E-state index contributed by atoms with van der Waals surface area (Å²) in [4.78, 5) is 29.3. The van der Waals surface area contributed by atoms with Crippen molar-refractivity contribution in [1.82, 2.24) is 4.90 Å². The number of amides is 2. The van der Waals surface area contributed by atoms with Gasteiger partial charge in [0.1, 0.15) is 5.75 Å². The first-order valence-corrected chi connectivity index (χ1v) is 11.3. The van der Waals surface area contributed by atoms with Gasteiger partial charge < -0.3 is 19.7 Å². The molecule has 0 spiro atoms. The molecule has 1 saturated heterocycles. The first-order chi connectivity index (χ1) is 15.5. The smallest absolute Gasteiger partial charge is 0.267 e. The Balaban J connectivity index is 1.38. The van der Waals surface area contributed by atoms with E-state index in [1.165, 1.54) is 5.56 Å². The van der Waals surface area contributed by atoms with E-state index in [-0.39, 0.29) is 11.8 Å². The highest BCUT2D eigenvalue weighted by molar-refractivity contribution is 6.00. The van der Waals surface area contributed by atoms with Crippen LogP contribution in [0.2, 0.25) is 0 Å². The van der Waals surface area contributed by atoms with E-state index in [1.54, 1.807) is 11.8 Å². The van der Waals surface area contributed by atoms with Crippen molar-refractivity contribution in [3.05, 3.63) is 53.6 Å². The number of morpholine rings is 1. The van der Waals surface area contributed by atoms with Gasteiger partial charge in [-0.3, -0.25) is 14.5 Å². The average molecular weight is 438 g/mol. The summed E-state index contributed by atoms with van der Waals surface area (Å²) < 4.78 is 11.3. The summed E-state index contributed by atoms with van der Waals surface area (Å²) in [5.41, 5.74) is 3.77. The van der Waals surface area contributed by atoms with E-state index >= 15 is 0 Å². The van der Waals surface area contributed by atoms with Crippen LogP contribution in [0.3, 0.4) is 0 Å². The number of anilines is 2. The topological polar surface area (TPSA) is 71.1 Å². The van der Waals surface area contributed by atoms with Crippen molar-refractivity contribution in [2.45, 2.75) is 32.8 Å². The van der Waals surface area contributed by atoms with E-state index in [1.807, 2.05) is 25.1 Å². The second kappa shape index (κ2) is 10.1. The van der Waals surface area contributed by atoms with Crippen LogP contribution in [-0.2, 0) is 20.7 Å². The van der Waals surface area contributed by atoms with Gasteiger partial charge >= 0.3 is 0 Å². The molecule has 1 atom stereocenters. The van der Waals surface area contributed by atoms with Crippen molar-refractivity contribution in [2.24, 2.45) is 0 Å². The zero-order valence-electron chi connectivity index (χ0n) is 18.8. The molecule has 4 rings (SSSR count). The molecule has 7 nitrogen and oxygen atoms in total. The highest BCUT2D eigenvalue weighted by atomic mass is 16.5. The third-order valence-corrected chi connectivity index (χ3v) is 5.96. The minimum absolute atomic E-state index is 0.0411. The fourth-order valence-corrected chi connectivity index (χ4v) is 4.02. The quantitative estimate of drug-likeness (QED) is 0.721. The van der Waals surface area contributed by atoms with Crippen molar-refractivity contribution in [2.75, 3.05) is 49.6 Å². The van der Waals surface area contributed by atoms with Gasteiger partial charge in [0.2, 0.25) is 5.91 Å². The lowest BCUT2D eigenvalue weighted by Crippen LogP contribution is -2.48. The van der Waals surface area contributed by atoms with E-state index in [0.29, 0.717) is 30.8 Å². The number of hydrogen-bond acceptors (Lipinski definition) is 5. The largest absolute Gasteiger partial charge is 0.479 e. The molecule has 2 heterocycles. The predicted molar refractivity (Wildman–Crippen MR) is 124 cm³/mol. The Morgan fingerprint density at radius 1 is 1.09 bits per heavy atom.